The maximum Gasteiger partial charge on any atom is 0.269 e. The number of aromatic nitrogens is 3. The molecule has 0 bridgehead atoms. The molecule has 0 saturated carbocycles. The monoisotopic (exact) mass is 367 g/mol. The van der Waals surface area contributed by atoms with Crippen molar-refractivity contribution in [3.8, 4) is 0 Å². The fraction of sp³-hybridized carbons (Fsp3) is 0.316. The zero-order chi connectivity index (χ0) is 19.2. The number of aryl methyl sites for hydroxylation is 3. The number of non-ortho nitro benzene ring substituents is 1. The third-order valence-corrected chi connectivity index (χ3v) is 4.24. The van der Waals surface area contributed by atoms with Crippen molar-refractivity contribution in [2.45, 2.75) is 32.6 Å². The molecule has 0 aliphatic carbocycles. The first kappa shape index (κ1) is 18.5. The fourth-order valence-electron chi connectivity index (χ4n) is 2.81. The number of rotatable bonds is 8. The molecular weight excluding hydrogens is 346 g/mol. The van der Waals surface area contributed by atoms with E-state index in [0.717, 1.165) is 35.3 Å². The molecule has 0 radical (unpaired) electrons. The molecule has 1 N–H and O–H groups in total. The van der Waals surface area contributed by atoms with Crippen LogP contribution in [-0.2, 0) is 17.6 Å². The van der Waals surface area contributed by atoms with Gasteiger partial charge in [0.15, 0.2) is 5.65 Å². The van der Waals surface area contributed by atoms with Crippen molar-refractivity contribution in [2.75, 3.05) is 6.54 Å². The number of nitro benzene ring substituents is 1. The molecule has 1 amide bonds. The first-order valence-corrected chi connectivity index (χ1v) is 8.82. The lowest BCUT2D eigenvalue weighted by molar-refractivity contribution is -0.384. The Kier molecular flexibility index (Phi) is 5.75. The van der Waals surface area contributed by atoms with Gasteiger partial charge in [0.1, 0.15) is 0 Å². The summed E-state index contributed by atoms with van der Waals surface area (Å²) < 4.78 is 1.77. The Morgan fingerprint density at radius 1 is 1.22 bits per heavy atom. The van der Waals surface area contributed by atoms with Gasteiger partial charge in [0, 0.05) is 43.6 Å². The predicted octanol–water partition coefficient (Wildman–Crippen LogP) is 2.63. The average molecular weight is 367 g/mol. The van der Waals surface area contributed by atoms with E-state index in [1.54, 1.807) is 16.6 Å². The van der Waals surface area contributed by atoms with Gasteiger partial charge in [-0.1, -0.05) is 12.1 Å². The van der Waals surface area contributed by atoms with Gasteiger partial charge in [0.25, 0.3) is 5.69 Å². The number of carbonyl (C=O) groups is 1. The number of fused-ring (bicyclic) bond motifs is 1. The minimum absolute atomic E-state index is 0.0235. The van der Waals surface area contributed by atoms with Crippen molar-refractivity contribution in [1.82, 2.24) is 19.9 Å². The van der Waals surface area contributed by atoms with E-state index >= 15 is 0 Å². The second kappa shape index (κ2) is 8.39. The highest BCUT2D eigenvalue weighted by atomic mass is 16.6. The summed E-state index contributed by atoms with van der Waals surface area (Å²) in [6.07, 6.45) is 6.35. The molecule has 140 valence electrons. The van der Waals surface area contributed by atoms with Crippen LogP contribution in [0.15, 0.2) is 42.7 Å². The van der Waals surface area contributed by atoms with Crippen LogP contribution in [-0.4, -0.2) is 32.0 Å². The van der Waals surface area contributed by atoms with Crippen LogP contribution in [0.5, 0.6) is 0 Å². The Bertz CT molecular complexity index is 950. The molecule has 0 atom stereocenters. The highest BCUT2D eigenvalue weighted by Gasteiger charge is 2.06. The Morgan fingerprint density at radius 3 is 2.74 bits per heavy atom. The molecule has 0 fully saturated rings. The topological polar surface area (TPSA) is 102 Å². The van der Waals surface area contributed by atoms with E-state index in [1.807, 2.05) is 25.4 Å². The largest absolute Gasteiger partial charge is 0.356 e. The SMILES string of the molecule is Cc1cc2ncc(CCCNC(=O)CCc3ccc([N+](=O)[O-])cc3)cn2n1. The Labute approximate surface area is 156 Å². The van der Waals surface area contributed by atoms with E-state index in [0.29, 0.717) is 19.4 Å². The maximum atomic E-state index is 11.9. The van der Waals surface area contributed by atoms with E-state index in [-0.39, 0.29) is 11.6 Å². The minimum Gasteiger partial charge on any atom is -0.356 e. The maximum absolute atomic E-state index is 11.9. The van der Waals surface area contributed by atoms with Crippen LogP contribution in [0.25, 0.3) is 5.65 Å². The lowest BCUT2D eigenvalue weighted by atomic mass is 10.1. The van der Waals surface area contributed by atoms with E-state index in [9.17, 15) is 14.9 Å². The van der Waals surface area contributed by atoms with E-state index in [2.05, 4.69) is 15.4 Å². The summed E-state index contributed by atoms with van der Waals surface area (Å²) in [6.45, 7) is 2.52. The normalized spacial score (nSPS) is 10.9. The number of nitrogens with one attached hydrogen (secondary N) is 1. The lowest BCUT2D eigenvalue weighted by Gasteiger charge is -2.06. The van der Waals surface area contributed by atoms with E-state index in [1.165, 1.54) is 12.1 Å². The van der Waals surface area contributed by atoms with Gasteiger partial charge in [-0.25, -0.2) is 9.50 Å². The van der Waals surface area contributed by atoms with Crippen molar-refractivity contribution in [2.24, 2.45) is 0 Å². The highest BCUT2D eigenvalue weighted by molar-refractivity contribution is 5.76. The summed E-state index contributed by atoms with van der Waals surface area (Å²) in [5.41, 5.74) is 3.80. The lowest BCUT2D eigenvalue weighted by Crippen LogP contribution is -2.25. The molecule has 3 rings (SSSR count). The zero-order valence-electron chi connectivity index (χ0n) is 15.1. The predicted molar refractivity (Wildman–Crippen MR) is 100 cm³/mol. The second-order valence-electron chi connectivity index (χ2n) is 6.43. The van der Waals surface area contributed by atoms with Crippen molar-refractivity contribution >= 4 is 17.2 Å². The molecule has 2 aromatic heterocycles. The van der Waals surface area contributed by atoms with Gasteiger partial charge in [-0.3, -0.25) is 14.9 Å². The number of carbonyl (C=O) groups excluding carboxylic acids is 1. The number of hydrogen-bond donors (Lipinski definition) is 1. The van der Waals surface area contributed by atoms with Crippen LogP contribution >= 0.6 is 0 Å². The Morgan fingerprint density at radius 2 is 2.00 bits per heavy atom. The number of amides is 1. The molecule has 8 nitrogen and oxygen atoms in total. The van der Waals surface area contributed by atoms with Crippen LogP contribution in [0.1, 0.15) is 29.7 Å². The smallest absolute Gasteiger partial charge is 0.269 e. The van der Waals surface area contributed by atoms with E-state index < -0.39 is 4.92 Å². The van der Waals surface area contributed by atoms with Crippen LogP contribution in [0, 0.1) is 17.0 Å². The van der Waals surface area contributed by atoms with Crippen molar-refractivity contribution in [1.29, 1.82) is 0 Å². The second-order valence-corrected chi connectivity index (χ2v) is 6.43. The molecule has 0 aliphatic heterocycles. The Balaban J connectivity index is 1.38. The number of hydrogen-bond acceptors (Lipinski definition) is 5. The Hall–Kier alpha value is -3.29. The molecule has 3 aromatic rings. The first-order chi connectivity index (χ1) is 13.0. The molecule has 0 spiro atoms. The van der Waals surface area contributed by atoms with Crippen LogP contribution in [0.2, 0.25) is 0 Å². The summed E-state index contributed by atoms with van der Waals surface area (Å²) in [6, 6.07) is 8.21. The van der Waals surface area contributed by atoms with Crippen molar-refractivity contribution in [3.05, 3.63) is 69.7 Å². The summed E-state index contributed by atoms with van der Waals surface area (Å²) in [5.74, 6) is -0.0235. The molecule has 27 heavy (non-hydrogen) atoms. The van der Waals surface area contributed by atoms with Gasteiger partial charge in [0.05, 0.1) is 10.6 Å². The van der Waals surface area contributed by atoms with Gasteiger partial charge in [0.2, 0.25) is 5.91 Å². The average Bonchev–Trinajstić information content (AvgIpc) is 3.03. The third kappa shape index (κ3) is 5.10. The summed E-state index contributed by atoms with van der Waals surface area (Å²) >= 11 is 0. The van der Waals surface area contributed by atoms with Gasteiger partial charge in [-0.15, -0.1) is 0 Å². The van der Waals surface area contributed by atoms with Gasteiger partial charge in [-0.05, 0) is 37.3 Å². The fourth-order valence-corrected chi connectivity index (χ4v) is 2.81. The zero-order valence-corrected chi connectivity index (χ0v) is 15.1. The number of nitro groups is 1. The quantitative estimate of drug-likeness (QED) is 0.374. The number of benzene rings is 1. The van der Waals surface area contributed by atoms with E-state index in [4.69, 9.17) is 0 Å². The van der Waals surface area contributed by atoms with Crippen molar-refractivity contribution < 1.29 is 9.72 Å². The van der Waals surface area contributed by atoms with Crippen molar-refractivity contribution in [3.63, 3.8) is 0 Å². The van der Waals surface area contributed by atoms with Crippen LogP contribution in [0.4, 0.5) is 5.69 Å². The first-order valence-electron chi connectivity index (χ1n) is 8.82. The third-order valence-electron chi connectivity index (χ3n) is 4.24. The molecule has 2 heterocycles. The standard InChI is InChI=1S/C19H21N5O3/c1-14-11-18-21-12-16(13-23(18)22-14)3-2-10-20-19(25)9-6-15-4-7-17(8-5-15)24(26)27/h4-5,7-8,11-13H,2-3,6,9-10H2,1H3,(H,20,25). The summed E-state index contributed by atoms with van der Waals surface area (Å²) in [4.78, 5) is 26.5. The molecule has 1 aromatic carbocycles. The number of nitrogens with zero attached hydrogens (tertiary/aromatic N) is 4. The molecule has 8 heteroatoms. The summed E-state index contributed by atoms with van der Waals surface area (Å²) in [5, 5.41) is 17.9. The molecule has 0 aliphatic rings. The molecular formula is C19H21N5O3. The van der Waals surface area contributed by atoms with Crippen LogP contribution in [0.3, 0.4) is 0 Å². The molecule has 0 unspecified atom stereocenters. The molecule has 0 saturated heterocycles. The van der Waals surface area contributed by atoms with Gasteiger partial charge in [-0.2, -0.15) is 5.10 Å². The highest BCUT2D eigenvalue weighted by Crippen LogP contribution is 2.13. The van der Waals surface area contributed by atoms with Gasteiger partial charge < -0.3 is 5.32 Å². The van der Waals surface area contributed by atoms with Gasteiger partial charge >= 0.3 is 0 Å². The summed E-state index contributed by atoms with van der Waals surface area (Å²) in [7, 11) is 0. The minimum atomic E-state index is -0.433. The van der Waals surface area contributed by atoms with Crippen LogP contribution < -0.4 is 5.32 Å².